The van der Waals surface area contributed by atoms with Crippen LogP contribution in [0.1, 0.15) is 266 Å². The molecule has 5 aliphatic rings. The van der Waals surface area contributed by atoms with Crippen molar-refractivity contribution >= 4 is 35.6 Å². The van der Waals surface area contributed by atoms with E-state index in [-0.39, 0.29) is 6.42 Å². The van der Waals surface area contributed by atoms with Crippen molar-refractivity contribution in [1.82, 2.24) is 21.3 Å². The smallest absolute Gasteiger partial charge is 0.364 e. The number of amides is 4. The van der Waals surface area contributed by atoms with Crippen molar-refractivity contribution in [2.45, 2.75) is 442 Å². The van der Waals surface area contributed by atoms with Crippen LogP contribution in [0.15, 0.2) is 24.3 Å². The van der Waals surface area contributed by atoms with Crippen LogP contribution in [-0.2, 0) is 76.1 Å². The topological polar surface area (TPSA) is 607 Å². The molecule has 5 fully saturated rings. The maximum absolute atomic E-state index is 14.2. The molecule has 0 aliphatic carbocycles. The van der Waals surface area contributed by atoms with E-state index < -0.39 is 265 Å². The highest BCUT2D eigenvalue weighted by molar-refractivity contribution is 5.78. The van der Waals surface area contributed by atoms with Crippen molar-refractivity contribution in [2.24, 2.45) is 0 Å². The molecule has 5 heterocycles. The maximum Gasteiger partial charge on any atom is 0.364 e. The summed E-state index contributed by atoms with van der Waals surface area (Å²) in [6.07, 6.45) is -7.24. The summed E-state index contributed by atoms with van der Waals surface area (Å²) in [6, 6.07) is -6.83. The summed E-state index contributed by atoms with van der Waals surface area (Å²) >= 11 is 0. The number of allylic oxidation sites excluding steroid dienone is 3. The van der Waals surface area contributed by atoms with Crippen LogP contribution in [0, 0.1) is 0 Å². The van der Waals surface area contributed by atoms with Gasteiger partial charge in [-0.3, -0.25) is 19.2 Å². The van der Waals surface area contributed by atoms with Crippen LogP contribution in [-0.4, -0.2) is 344 Å². The first-order valence-electron chi connectivity index (χ1n) is 45.4. The van der Waals surface area contributed by atoms with Crippen LogP contribution in [0.4, 0.5) is 0 Å². The van der Waals surface area contributed by atoms with Crippen LogP contribution in [0.5, 0.6) is 0 Å². The van der Waals surface area contributed by atoms with Gasteiger partial charge in [-0.25, -0.2) is 9.59 Å². The minimum absolute atomic E-state index is 0.110. The van der Waals surface area contributed by atoms with E-state index in [9.17, 15) is 121 Å². The molecule has 5 aliphatic heterocycles. The lowest BCUT2D eigenvalue weighted by molar-refractivity contribution is -0.402. The van der Waals surface area contributed by atoms with Gasteiger partial charge in [0.05, 0.1) is 76.1 Å². The maximum atomic E-state index is 14.2. The highest BCUT2D eigenvalue weighted by atomic mass is 16.8. The lowest BCUT2D eigenvalue weighted by atomic mass is 9.87. The lowest BCUT2D eigenvalue weighted by Crippen LogP contribution is -2.72. The molecule has 720 valence electrons. The Bertz CT molecular complexity index is 3060. The molecule has 124 heavy (non-hydrogen) atoms. The monoisotopic (exact) mass is 1790 g/mol. The second kappa shape index (κ2) is 58.8. The average molecular weight is 1790 g/mol. The first-order chi connectivity index (χ1) is 59.3. The van der Waals surface area contributed by atoms with Crippen LogP contribution >= 0.6 is 0 Å². The fraction of sp³-hybridized carbons (Fsp3) is 0.884. The Morgan fingerprint density at radius 1 is 0.435 bits per heavy atom. The molecule has 4 amide bonds. The van der Waals surface area contributed by atoms with Crippen molar-refractivity contribution in [1.29, 1.82) is 0 Å². The number of carboxylic acid groups (broad SMARTS) is 2. The Labute approximate surface area is 728 Å². The molecule has 0 bridgehead atoms. The number of hydrogen-bond donors (Lipinski definition) is 22. The van der Waals surface area contributed by atoms with E-state index in [1.165, 1.54) is 134 Å². The van der Waals surface area contributed by atoms with Crippen molar-refractivity contribution in [3.63, 3.8) is 0 Å². The fourth-order valence-electron chi connectivity index (χ4n) is 16.5. The number of aliphatic carboxylic acids is 2. The molecule has 0 radical (unpaired) electrons. The highest BCUT2D eigenvalue weighted by Crippen LogP contribution is 2.43. The standard InChI is InChI=1S/C86H152N4O34/c1-6-8-10-12-14-16-18-20-21-22-23-24-25-26-27-28-29-31-33-35-37-39-41-43-64(103)90-55(56(99)42-40-38-36-34-32-30-19-17-15-13-11-9-7-2)51-115-81-73(109)72(108)75(62(49-94)117-81)119-82-74(110)79(76(63(50-95)118-82)120-80-67(89-54(5)98)71(107)69(105)60(47-92)116-80)124-86(84(113)114)45-58(101)66(88-53(4)97)78(123-86)70(106)61(48-93)121-85(83(111)112)44-57(100)65(87-52(3)96)77(122-85)68(104)59(102)46-91/h20-21,40,42,55-63,65-82,91-95,99-102,104-110H,6-19,22-39,41,43-51H2,1-5H3,(H,87,96)(H,88,97)(H,89,98)(H,90,103)(H,111,112)(H,113,114)/b21-20-,42-40+/t55-,56+,57-,58-,59+,60+,61+,62+,63+,65+,66+,67+,68+,69-,70+,71+,72+,73+,74+,75+,76-,77?,78?,79+,80-,81+,82-,85+,86-/m0/s1. The number of carbonyl (C=O) groups excluding carboxylic acids is 4. The van der Waals surface area contributed by atoms with E-state index in [1.54, 1.807) is 6.08 Å². The molecule has 5 rings (SSSR count). The Kier molecular flexibility index (Phi) is 52.1. The normalized spacial score (nSPS) is 32.0. The zero-order chi connectivity index (χ0) is 91.5. The van der Waals surface area contributed by atoms with Gasteiger partial charge in [0.25, 0.3) is 11.6 Å². The molecule has 0 spiro atoms. The van der Waals surface area contributed by atoms with Crippen LogP contribution in [0.3, 0.4) is 0 Å². The summed E-state index contributed by atoms with van der Waals surface area (Å²) in [5.74, 6) is -14.6. The molecule has 22 N–H and O–H groups in total. The van der Waals surface area contributed by atoms with Gasteiger partial charge in [-0.2, -0.15) is 0 Å². The average Bonchev–Trinajstić information content (AvgIpc) is 0.746. The van der Waals surface area contributed by atoms with Crippen molar-refractivity contribution in [2.75, 3.05) is 39.6 Å². The van der Waals surface area contributed by atoms with Gasteiger partial charge in [-0.15, -0.1) is 0 Å². The van der Waals surface area contributed by atoms with E-state index >= 15 is 0 Å². The Balaban J connectivity index is 1.37. The largest absolute Gasteiger partial charge is 0.477 e. The highest BCUT2D eigenvalue weighted by Gasteiger charge is 2.64. The van der Waals surface area contributed by atoms with E-state index in [2.05, 4.69) is 47.3 Å². The summed E-state index contributed by atoms with van der Waals surface area (Å²) < 4.78 is 60.0. The van der Waals surface area contributed by atoms with E-state index in [0.717, 1.165) is 91.4 Å². The van der Waals surface area contributed by atoms with Crippen molar-refractivity contribution in [3.05, 3.63) is 24.3 Å². The van der Waals surface area contributed by atoms with Gasteiger partial charge in [-0.05, 0) is 44.9 Å². The van der Waals surface area contributed by atoms with E-state index in [0.29, 0.717) is 12.8 Å². The molecule has 5 saturated heterocycles. The van der Waals surface area contributed by atoms with Crippen LogP contribution < -0.4 is 21.3 Å². The quantitative estimate of drug-likeness (QED) is 0.0300. The van der Waals surface area contributed by atoms with Crippen molar-refractivity contribution < 1.29 is 168 Å². The van der Waals surface area contributed by atoms with Gasteiger partial charge in [0, 0.05) is 40.0 Å². The van der Waals surface area contributed by atoms with Gasteiger partial charge >= 0.3 is 11.9 Å². The van der Waals surface area contributed by atoms with Gasteiger partial charge in [-0.1, -0.05) is 205 Å². The second-order valence-electron chi connectivity index (χ2n) is 33.9. The third-order valence-electron chi connectivity index (χ3n) is 23.6. The minimum atomic E-state index is -3.59. The summed E-state index contributed by atoms with van der Waals surface area (Å²) in [7, 11) is 0. The predicted molar refractivity (Wildman–Crippen MR) is 444 cm³/mol. The summed E-state index contributed by atoms with van der Waals surface area (Å²) in [5, 5.41) is 213. The number of ether oxygens (including phenoxy) is 10. The zero-order valence-corrected chi connectivity index (χ0v) is 73.2. The number of aliphatic hydroxyl groups is 16. The summed E-state index contributed by atoms with van der Waals surface area (Å²) in [5.41, 5.74) is 0. The Hall–Kier alpha value is -4.74. The molecule has 0 aromatic carbocycles. The summed E-state index contributed by atoms with van der Waals surface area (Å²) in [6.45, 7) is 0.547. The van der Waals surface area contributed by atoms with Crippen molar-refractivity contribution in [3.8, 4) is 0 Å². The second-order valence-corrected chi connectivity index (χ2v) is 33.9. The van der Waals surface area contributed by atoms with Crippen LogP contribution in [0.2, 0.25) is 0 Å². The Morgan fingerprint density at radius 3 is 1.31 bits per heavy atom. The SMILES string of the molecule is CCCCCCCC/C=C\CCCCCCCCCCCCCCCC(=O)N[C@@H](CO[C@@H]1O[C@H](CO)[C@@H](O[C@@H]2O[C@H](CO)[C@H](O[C@@H]3O[C@H](CO)[C@H](O)[C@H](O)[C@H]3NC(C)=O)[C@H](O[C@]3(C(=O)O)C[C@H](O)[C@@H](NC(C)=O)C([C@H](O)[C@@H](CO)O[C@]4(C(=O)O)C[C@H](O)[C@@H](NC(C)=O)C([C@H](O)[C@H](O)CO)O4)O3)[C@H]2O)[C@H](O)[C@H]1O)[C@H](O)/C=C/CCCCCCCCCCCCC. The molecule has 29 atom stereocenters. The van der Waals surface area contributed by atoms with E-state index in [1.807, 2.05) is 0 Å². The third-order valence-corrected chi connectivity index (χ3v) is 23.6. The number of carbonyl (C=O) groups is 6. The number of hydrogen-bond acceptors (Lipinski definition) is 32. The number of aliphatic hydroxyl groups excluding tert-OH is 16. The predicted octanol–water partition coefficient (Wildman–Crippen LogP) is 1.20. The molecule has 0 aromatic rings. The third kappa shape index (κ3) is 35.2. The lowest BCUT2D eigenvalue weighted by Gasteiger charge is -2.52. The molecular formula is C86H152N4O34. The first-order valence-corrected chi connectivity index (χ1v) is 45.4. The number of carboxylic acids is 2. The molecular weight excluding hydrogens is 1630 g/mol. The molecule has 0 saturated carbocycles. The zero-order valence-electron chi connectivity index (χ0n) is 73.2. The molecule has 38 heteroatoms. The number of unbranched alkanes of at least 4 members (excludes halogenated alkanes) is 30. The number of nitrogens with one attached hydrogen (secondary N) is 4. The van der Waals surface area contributed by atoms with Gasteiger partial charge in [0.15, 0.2) is 18.9 Å². The Morgan fingerprint density at radius 2 is 0.847 bits per heavy atom. The fourth-order valence-corrected chi connectivity index (χ4v) is 16.5. The number of rotatable bonds is 63. The first kappa shape index (κ1) is 110. The minimum Gasteiger partial charge on any atom is -0.477 e. The van der Waals surface area contributed by atoms with Gasteiger partial charge < -0.3 is 161 Å². The van der Waals surface area contributed by atoms with Gasteiger partial charge in [0.1, 0.15) is 110 Å². The molecule has 38 nitrogen and oxygen atoms in total. The summed E-state index contributed by atoms with van der Waals surface area (Å²) in [4.78, 5) is 79.3. The molecule has 0 aromatic heterocycles. The van der Waals surface area contributed by atoms with Gasteiger partial charge in [0.2, 0.25) is 23.6 Å². The van der Waals surface area contributed by atoms with Crippen LogP contribution in [0.25, 0.3) is 0 Å². The molecule has 2 unspecified atom stereocenters. The van der Waals surface area contributed by atoms with E-state index in [4.69, 9.17) is 47.4 Å².